The highest BCUT2D eigenvalue weighted by Gasteiger charge is 2.22. The van der Waals surface area contributed by atoms with Gasteiger partial charge in [-0.25, -0.2) is 0 Å². The Hall–Kier alpha value is -0.820. The van der Waals surface area contributed by atoms with E-state index in [4.69, 9.17) is 14.2 Å². The molecule has 0 spiro atoms. The van der Waals surface area contributed by atoms with Crippen molar-refractivity contribution in [1.29, 1.82) is 0 Å². The van der Waals surface area contributed by atoms with Crippen LogP contribution in [0.4, 0.5) is 0 Å². The highest BCUT2D eigenvalue weighted by Crippen LogP contribution is 2.41. The summed E-state index contributed by atoms with van der Waals surface area (Å²) in [5, 5.41) is 13.0. The number of rotatable bonds is 5. The summed E-state index contributed by atoms with van der Waals surface area (Å²) in [6.07, 6.45) is 2.45. The van der Waals surface area contributed by atoms with Crippen LogP contribution < -0.4 is 14.8 Å². The summed E-state index contributed by atoms with van der Waals surface area (Å²) in [6.45, 7) is 1.85. The van der Waals surface area contributed by atoms with Crippen molar-refractivity contribution >= 4 is 15.9 Å². The molecule has 2 heterocycles. The molecule has 2 atom stereocenters. The van der Waals surface area contributed by atoms with E-state index in [0.29, 0.717) is 5.75 Å². The molecule has 2 aliphatic heterocycles. The number of aliphatic hydroxyl groups excluding tert-OH is 1. The molecular formula is C14H18BrNO4. The first-order chi connectivity index (χ1) is 9.78. The largest absolute Gasteiger partial charge is 0.454 e. The third kappa shape index (κ3) is 2.93. The monoisotopic (exact) mass is 343 g/mol. The zero-order chi connectivity index (χ0) is 13.9. The molecule has 2 unspecified atom stereocenters. The molecule has 6 heteroatoms. The molecule has 0 bridgehead atoms. The predicted octanol–water partition coefficient (Wildman–Crippen LogP) is 1.98. The quantitative estimate of drug-likeness (QED) is 0.855. The first-order valence-electron chi connectivity index (χ1n) is 6.83. The average molecular weight is 344 g/mol. The van der Waals surface area contributed by atoms with Gasteiger partial charge < -0.3 is 24.6 Å². The number of benzene rings is 1. The minimum absolute atomic E-state index is 0.0266. The smallest absolute Gasteiger partial charge is 0.231 e. The summed E-state index contributed by atoms with van der Waals surface area (Å²) in [5.74, 6) is 1.44. The van der Waals surface area contributed by atoms with Crippen LogP contribution in [0, 0.1) is 0 Å². The molecule has 0 saturated carbocycles. The van der Waals surface area contributed by atoms with Crippen molar-refractivity contribution in [3.8, 4) is 11.5 Å². The van der Waals surface area contributed by atoms with Crippen LogP contribution in [0.3, 0.4) is 0 Å². The van der Waals surface area contributed by atoms with Crippen LogP contribution in [-0.2, 0) is 4.74 Å². The Bertz CT molecular complexity index is 476. The van der Waals surface area contributed by atoms with Crippen LogP contribution in [-0.4, -0.2) is 37.8 Å². The molecule has 2 N–H and O–H groups in total. The minimum Gasteiger partial charge on any atom is -0.454 e. The van der Waals surface area contributed by atoms with E-state index in [9.17, 15) is 5.11 Å². The average Bonchev–Trinajstić information content (AvgIpc) is 3.10. The Morgan fingerprint density at radius 2 is 2.30 bits per heavy atom. The molecule has 0 radical (unpaired) electrons. The second kappa shape index (κ2) is 6.30. The van der Waals surface area contributed by atoms with Gasteiger partial charge in [-0.05, 0) is 46.5 Å². The SMILES string of the molecule is OCC(NCC1CCCO1)c1cc(Br)c2c(c1)OCO2. The molecule has 5 nitrogen and oxygen atoms in total. The summed E-state index contributed by atoms with van der Waals surface area (Å²) in [5.41, 5.74) is 0.974. The molecule has 1 saturated heterocycles. The van der Waals surface area contributed by atoms with E-state index in [1.165, 1.54) is 0 Å². The lowest BCUT2D eigenvalue weighted by Gasteiger charge is -2.20. The summed E-state index contributed by atoms with van der Waals surface area (Å²) in [7, 11) is 0. The Morgan fingerprint density at radius 3 is 3.05 bits per heavy atom. The van der Waals surface area contributed by atoms with Gasteiger partial charge in [0.1, 0.15) is 0 Å². The normalized spacial score (nSPS) is 22.2. The molecule has 3 rings (SSSR count). The van der Waals surface area contributed by atoms with Crippen molar-refractivity contribution in [1.82, 2.24) is 5.32 Å². The molecule has 1 aromatic carbocycles. The fraction of sp³-hybridized carbons (Fsp3) is 0.571. The fourth-order valence-corrected chi connectivity index (χ4v) is 3.13. The number of ether oxygens (including phenoxy) is 3. The Kier molecular flexibility index (Phi) is 4.45. The van der Waals surface area contributed by atoms with Gasteiger partial charge in [0.2, 0.25) is 6.79 Å². The number of hydrogen-bond acceptors (Lipinski definition) is 5. The Morgan fingerprint density at radius 1 is 1.40 bits per heavy atom. The Labute approximate surface area is 126 Å². The zero-order valence-corrected chi connectivity index (χ0v) is 12.7. The number of aliphatic hydroxyl groups is 1. The molecule has 110 valence electrons. The first kappa shape index (κ1) is 14.1. The summed E-state index contributed by atoms with van der Waals surface area (Å²) < 4.78 is 17.2. The van der Waals surface area contributed by atoms with Crippen molar-refractivity contribution in [2.75, 3.05) is 26.6 Å². The molecule has 20 heavy (non-hydrogen) atoms. The lowest BCUT2D eigenvalue weighted by molar-refractivity contribution is 0.104. The molecule has 0 aliphatic carbocycles. The highest BCUT2D eigenvalue weighted by molar-refractivity contribution is 9.10. The number of fused-ring (bicyclic) bond motifs is 1. The van der Waals surface area contributed by atoms with E-state index < -0.39 is 0 Å². The van der Waals surface area contributed by atoms with Crippen molar-refractivity contribution in [3.05, 3.63) is 22.2 Å². The van der Waals surface area contributed by atoms with E-state index in [-0.39, 0.29) is 25.5 Å². The lowest BCUT2D eigenvalue weighted by Crippen LogP contribution is -2.31. The van der Waals surface area contributed by atoms with Crippen LogP contribution in [0.5, 0.6) is 11.5 Å². The standard InChI is InChI=1S/C14H18BrNO4/c15-11-4-9(5-13-14(11)20-8-19-13)12(7-17)16-6-10-2-1-3-18-10/h4-5,10,12,16-17H,1-3,6-8H2. The van der Waals surface area contributed by atoms with E-state index in [1.54, 1.807) is 0 Å². The van der Waals surface area contributed by atoms with E-state index >= 15 is 0 Å². The lowest BCUT2D eigenvalue weighted by atomic mass is 10.1. The van der Waals surface area contributed by atoms with E-state index in [1.807, 2.05) is 12.1 Å². The molecule has 1 fully saturated rings. The van der Waals surface area contributed by atoms with Gasteiger partial charge in [-0.2, -0.15) is 0 Å². The maximum atomic E-state index is 9.60. The zero-order valence-electron chi connectivity index (χ0n) is 11.1. The number of halogens is 1. The molecule has 0 aromatic heterocycles. The van der Waals surface area contributed by atoms with Gasteiger partial charge in [-0.1, -0.05) is 0 Å². The molecule has 2 aliphatic rings. The van der Waals surface area contributed by atoms with Crippen molar-refractivity contribution in [2.24, 2.45) is 0 Å². The van der Waals surface area contributed by atoms with Crippen LogP contribution in [0.25, 0.3) is 0 Å². The van der Waals surface area contributed by atoms with E-state index in [2.05, 4.69) is 21.2 Å². The topological polar surface area (TPSA) is 60.0 Å². The second-order valence-electron chi connectivity index (χ2n) is 5.01. The van der Waals surface area contributed by atoms with Gasteiger partial charge in [-0.3, -0.25) is 0 Å². The third-order valence-electron chi connectivity index (χ3n) is 3.65. The molecule has 1 aromatic rings. The van der Waals surface area contributed by atoms with Crippen molar-refractivity contribution < 1.29 is 19.3 Å². The maximum Gasteiger partial charge on any atom is 0.231 e. The van der Waals surface area contributed by atoms with Gasteiger partial charge in [-0.15, -0.1) is 0 Å². The highest BCUT2D eigenvalue weighted by atomic mass is 79.9. The van der Waals surface area contributed by atoms with Gasteiger partial charge in [0.15, 0.2) is 11.5 Å². The fourth-order valence-electron chi connectivity index (χ4n) is 2.56. The van der Waals surface area contributed by atoms with Crippen molar-refractivity contribution in [2.45, 2.75) is 25.0 Å². The molecule has 0 amide bonds. The number of hydrogen-bond donors (Lipinski definition) is 2. The number of nitrogens with one attached hydrogen (secondary N) is 1. The van der Waals surface area contributed by atoms with Gasteiger partial charge >= 0.3 is 0 Å². The van der Waals surface area contributed by atoms with Gasteiger partial charge in [0, 0.05) is 13.2 Å². The summed E-state index contributed by atoms with van der Waals surface area (Å²) in [4.78, 5) is 0. The summed E-state index contributed by atoms with van der Waals surface area (Å²) in [6, 6.07) is 3.73. The maximum absolute atomic E-state index is 9.60. The second-order valence-corrected chi connectivity index (χ2v) is 5.87. The Balaban J connectivity index is 1.70. The predicted molar refractivity (Wildman–Crippen MR) is 77.1 cm³/mol. The molecular weight excluding hydrogens is 326 g/mol. The minimum atomic E-state index is -0.134. The van der Waals surface area contributed by atoms with Gasteiger partial charge in [0.05, 0.1) is 23.2 Å². The van der Waals surface area contributed by atoms with Gasteiger partial charge in [0.25, 0.3) is 0 Å². The van der Waals surface area contributed by atoms with Crippen LogP contribution in [0.2, 0.25) is 0 Å². The summed E-state index contributed by atoms with van der Waals surface area (Å²) >= 11 is 3.47. The van der Waals surface area contributed by atoms with Crippen LogP contribution >= 0.6 is 15.9 Å². The van der Waals surface area contributed by atoms with Crippen LogP contribution in [0.15, 0.2) is 16.6 Å². The van der Waals surface area contributed by atoms with E-state index in [0.717, 1.165) is 41.8 Å². The third-order valence-corrected chi connectivity index (χ3v) is 4.24. The first-order valence-corrected chi connectivity index (χ1v) is 7.62. The van der Waals surface area contributed by atoms with Crippen LogP contribution in [0.1, 0.15) is 24.4 Å². The van der Waals surface area contributed by atoms with Crippen molar-refractivity contribution in [3.63, 3.8) is 0 Å².